The van der Waals surface area contributed by atoms with Crippen LogP contribution in [0.25, 0.3) is 0 Å². The molecule has 0 spiro atoms. The first-order chi connectivity index (χ1) is 12.0. The van der Waals surface area contributed by atoms with E-state index in [4.69, 9.17) is 0 Å². The number of hydrogen-bond acceptors (Lipinski definition) is 3. The zero-order valence-electron chi connectivity index (χ0n) is 14.6. The molecular weight excluding hydrogens is 318 g/mol. The number of hydrogen-bond donors (Lipinski definition) is 3. The first kappa shape index (κ1) is 17.5. The second-order valence-electron chi connectivity index (χ2n) is 7.20. The van der Waals surface area contributed by atoms with E-state index in [9.17, 15) is 14.4 Å². The normalized spacial score (nSPS) is 23.9. The molecule has 6 nitrogen and oxygen atoms in total. The minimum atomic E-state index is -1.11. The molecule has 3 rings (SSSR count). The van der Waals surface area contributed by atoms with Gasteiger partial charge in [-0.05, 0) is 37.0 Å². The molecule has 1 aliphatic heterocycles. The van der Waals surface area contributed by atoms with Crippen LogP contribution in [0.5, 0.6) is 0 Å². The number of imide groups is 1. The zero-order valence-corrected chi connectivity index (χ0v) is 14.6. The van der Waals surface area contributed by atoms with Gasteiger partial charge in [0.25, 0.3) is 5.91 Å². The van der Waals surface area contributed by atoms with E-state index in [0.29, 0.717) is 23.6 Å². The molecule has 1 saturated heterocycles. The zero-order chi connectivity index (χ0) is 17.9. The molecule has 4 amide bonds. The van der Waals surface area contributed by atoms with Crippen LogP contribution in [-0.2, 0) is 15.1 Å². The number of rotatable bonds is 5. The van der Waals surface area contributed by atoms with Gasteiger partial charge in [-0.25, -0.2) is 4.79 Å². The van der Waals surface area contributed by atoms with E-state index in [0.717, 1.165) is 6.42 Å². The second kappa shape index (κ2) is 7.25. The Balaban J connectivity index is 1.60. The third-order valence-corrected chi connectivity index (χ3v) is 5.27. The summed E-state index contributed by atoms with van der Waals surface area (Å²) in [6.45, 7) is 1.65. The molecule has 1 atom stereocenters. The predicted molar refractivity (Wildman–Crippen MR) is 94.9 cm³/mol. The highest BCUT2D eigenvalue weighted by Crippen LogP contribution is 2.28. The first-order valence-corrected chi connectivity index (χ1v) is 9.01. The SMILES string of the molecule is CC1(c2cccc(NC(=O)CCC3CCCCC3)c2)NC(=O)NC1=O. The van der Waals surface area contributed by atoms with Crippen molar-refractivity contribution in [2.45, 2.75) is 57.4 Å². The summed E-state index contributed by atoms with van der Waals surface area (Å²) in [5, 5.41) is 7.78. The van der Waals surface area contributed by atoms with Gasteiger partial charge in [-0.3, -0.25) is 14.9 Å². The largest absolute Gasteiger partial charge is 0.326 e. The van der Waals surface area contributed by atoms with Crippen molar-refractivity contribution in [3.05, 3.63) is 29.8 Å². The lowest BCUT2D eigenvalue weighted by Crippen LogP contribution is -2.40. The molecule has 1 aromatic carbocycles. The van der Waals surface area contributed by atoms with Crippen molar-refractivity contribution in [3.63, 3.8) is 0 Å². The van der Waals surface area contributed by atoms with E-state index in [1.165, 1.54) is 32.1 Å². The molecule has 6 heteroatoms. The quantitative estimate of drug-likeness (QED) is 0.718. The lowest BCUT2D eigenvalue weighted by molar-refractivity contribution is -0.123. The van der Waals surface area contributed by atoms with Crippen molar-refractivity contribution >= 4 is 23.5 Å². The summed E-state index contributed by atoms with van der Waals surface area (Å²) in [4.78, 5) is 35.7. The van der Waals surface area contributed by atoms with Gasteiger partial charge in [0.05, 0.1) is 0 Å². The Labute approximate surface area is 147 Å². The van der Waals surface area contributed by atoms with E-state index in [1.807, 2.05) is 0 Å². The Morgan fingerprint density at radius 1 is 1.24 bits per heavy atom. The predicted octanol–water partition coefficient (Wildman–Crippen LogP) is 3.04. The molecule has 134 valence electrons. The van der Waals surface area contributed by atoms with Crippen LogP contribution in [-0.4, -0.2) is 17.8 Å². The van der Waals surface area contributed by atoms with Gasteiger partial charge in [-0.2, -0.15) is 0 Å². The fourth-order valence-corrected chi connectivity index (χ4v) is 3.69. The van der Waals surface area contributed by atoms with Crippen molar-refractivity contribution < 1.29 is 14.4 Å². The van der Waals surface area contributed by atoms with Crippen molar-refractivity contribution in [1.29, 1.82) is 0 Å². The topological polar surface area (TPSA) is 87.3 Å². The van der Waals surface area contributed by atoms with Gasteiger partial charge in [-0.1, -0.05) is 44.2 Å². The van der Waals surface area contributed by atoms with Gasteiger partial charge < -0.3 is 10.6 Å². The number of anilines is 1. The average Bonchev–Trinajstić information content (AvgIpc) is 2.87. The molecular formula is C19H25N3O3. The second-order valence-corrected chi connectivity index (χ2v) is 7.20. The highest BCUT2D eigenvalue weighted by Gasteiger charge is 2.43. The van der Waals surface area contributed by atoms with Crippen LogP contribution in [0.2, 0.25) is 0 Å². The van der Waals surface area contributed by atoms with E-state index in [2.05, 4.69) is 16.0 Å². The number of carbonyl (C=O) groups excluding carboxylic acids is 3. The minimum absolute atomic E-state index is 0.00668. The Hall–Kier alpha value is -2.37. The smallest absolute Gasteiger partial charge is 0.322 e. The van der Waals surface area contributed by atoms with Gasteiger partial charge in [0, 0.05) is 12.1 Å². The lowest BCUT2D eigenvalue weighted by atomic mass is 9.86. The van der Waals surface area contributed by atoms with Crippen LogP contribution >= 0.6 is 0 Å². The molecule has 1 heterocycles. The van der Waals surface area contributed by atoms with E-state index in [-0.39, 0.29) is 5.91 Å². The first-order valence-electron chi connectivity index (χ1n) is 9.01. The molecule has 2 aliphatic rings. The molecule has 1 aliphatic carbocycles. The summed E-state index contributed by atoms with van der Waals surface area (Å²) in [6.07, 6.45) is 7.79. The van der Waals surface area contributed by atoms with Crippen molar-refractivity contribution in [1.82, 2.24) is 10.6 Å². The molecule has 3 N–H and O–H groups in total. The standard InChI is InChI=1S/C19H25N3O3/c1-19(17(24)21-18(25)22-19)14-8-5-9-15(12-14)20-16(23)11-10-13-6-3-2-4-7-13/h5,8-9,12-13H,2-4,6-7,10-11H2,1H3,(H,20,23)(H2,21,22,24,25). The van der Waals surface area contributed by atoms with Crippen molar-refractivity contribution in [3.8, 4) is 0 Å². The van der Waals surface area contributed by atoms with Crippen molar-refractivity contribution in [2.75, 3.05) is 5.32 Å². The van der Waals surface area contributed by atoms with Gasteiger partial charge >= 0.3 is 6.03 Å². The Morgan fingerprint density at radius 2 is 2.00 bits per heavy atom. The summed E-state index contributed by atoms with van der Waals surface area (Å²) in [6, 6.07) is 6.57. The molecule has 1 unspecified atom stereocenters. The summed E-state index contributed by atoms with van der Waals surface area (Å²) in [7, 11) is 0. The maximum atomic E-state index is 12.2. The molecule has 0 aromatic heterocycles. The molecule has 0 bridgehead atoms. The summed E-state index contributed by atoms with van der Waals surface area (Å²) < 4.78 is 0. The number of carbonyl (C=O) groups is 3. The van der Waals surface area contributed by atoms with Crippen LogP contribution in [0, 0.1) is 5.92 Å². The molecule has 25 heavy (non-hydrogen) atoms. The molecule has 0 radical (unpaired) electrons. The van der Waals surface area contributed by atoms with Gasteiger partial charge in [-0.15, -0.1) is 0 Å². The number of nitrogens with one attached hydrogen (secondary N) is 3. The van der Waals surface area contributed by atoms with Crippen LogP contribution in [0.15, 0.2) is 24.3 Å². The fourth-order valence-electron chi connectivity index (χ4n) is 3.69. The Morgan fingerprint density at radius 3 is 2.68 bits per heavy atom. The van der Waals surface area contributed by atoms with Crippen LogP contribution in [0.3, 0.4) is 0 Å². The van der Waals surface area contributed by atoms with Gasteiger partial charge in [0.1, 0.15) is 5.54 Å². The molecule has 1 saturated carbocycles. The highest BCUT2D eigenvalue weighted by molar-refractivity contribution is 6.07. The monoisotopic (exact) mass is 343 g/mol. The highest BCUT2D eigenvalue weighted by atomic mass is 16.2. The van der Waals surface area contributed by atoms with E-state index < -0.39 is 17.5 Å². The van der Waals surface area contributed by atoms with Crippen LogP contribution < -0.4 is 16.0 Å². The van der Waals surface area contributed by atoms with Crippen LogP contribution in [0.4, 0.5) is 10.5 Å². The van der Waals surface area contributed by atoms with E-state index >= 15 is 0 Å². The summed E-state index contributed by atoms with van der Waals surface area (Å²) in [5.41, 5.74) is 0.169. The number of amides is 4. The summed E-state index contributed by atoms with van der Waals surface area (Å²) >= 11 is 0. The number of benzene rings is 1. The van der Waals surface area contributed by atoms with Gasteiger partial charge in [0.2, 0.25) is 5.91 Å². The summed E-state index contributed by atoms with van der Waals surface area (Å²) in [5.74, 6) is 0.271. The maximum absolute atomic E-state index is 12.2. The van der Waals surface area contributed by atoms with Crippen molar-refractivity contribution in [2.24, 2.45) is 5.92 Å². The Kier molecular flexibility index (Phi) is 5.06. The molecule has 1 aromatic rings. The molecule has 2 fully saturated rings. The maximum Gasteiger partial charge on any atom is 0.322 e. The third-order valence-electron chi connectivity index (χ3n) is 5.27. The third kappa shape index (κ3) is 4.00. The minimum Gasteiger partial charge on any atom is -0.326 e. The lowest BCUT2D eigenvalue weighted by Gasteiger charge is -2.22. The van der Waals surface area contributed by atoms with Gasteiger partial charge in [0.15, 0.2) is 0 Å². The average molecular weight is 343 g/mol. The van der Waals surface area contributed by atoms with Crippen LogP contribution in [0.1, 0.15) is 57.4 Å². The van der Waals surface area contributed by atoms with E-state index in [1.54, 1.807) is 31.2 Å². The fraction of sp³-hybridized carbons (Fsp3) is 0.526. The Bertz CT molecular complexity index is 682. The number of urea groups is 1.